The molecule has 0 bridgehead atoms. The van der Waals surface area contributed by atoms with Crippen molar-refractivity contribution in [2.75, 3.05) is 19.7 Å². The Morgan fingerprint density at radius 1 is 1.42 bits per heavy atom. The van der Waals surface area contributed by atoms with Crippen molar-refractivity contribution < 1.29 is 14.3 Å². The number of piperidine rings is 1. The third-order valence-corrected chi connectivity index (χ3v) is 3.81. The molecule has 6 nitrogen and oxygen atoms in total. The summed E-state index contributed by atoms with van der Waals surface area (Å²) in [6.45, 7) is 1.28. The van der Waals surface area contributed by atoms with E-state index in [2.05, 4.69) is 10.2 Å². The van der Waals surface area contributed by atoms with E-state index in [1.54, 1.807) is 12.1 Å². The van der Waals surface area contributed by atoms with Crippen molar-refractivity contribution >= 4 is 11.7 Å². The van der Waals surface area contributed by atoms with E-state index in [0.717, 1.165) is 12.8 Å². The molecule has 19 heavy (non-hydrogen) atoms. The van der Waals surface area contributed by atoms with Gasteiger partial charge < -0.3 is 9.64 Å². The first-order valence-electron chi connectivity index (χ1n) is 6.45. The summed E-state index contributed by atoms with van der Waals surface area (Å²) in [5.74, 6) is -0.234. The number of amides is 1. The molecule has 2 saturated heterocycles. The Bertz CT molecular complexity index is 497. The maximum Gasteiger partial charge on any atom is 0.274 e. The first-order chi connectivity index (χ1) is 9.21. The van der Waals surface area contributed by atoms with Crippen molar-refractivity contribution in [1.82, 2.24) is 15.1 Å². The molecule has 2 aliphatic rings. The molecule has 1 aromatic rings. The van der Waals surface area contributed by atoms with E-state index in [9.17, 15) is 9.59 Å². The topological polar surface area (TPSA) is 72.4 Å². The molecule has 0 N–H and O–H groups in total. The maximum atomic E-state index is 12.2. The number of hydrogen-bond donors (Lipinski definition) is 0. The standard InChI is InChI=1S/C13H15N3O3/c17-11-9-16(7-5-13(11)4-2-8-19-13)12(18)10-3-1-6-14-15-10/h1,3,6H,2,4-5,7-9H2. The number of likely N-dealkylation sites (tertiary alicyclic amines) is 1. The molecule has 1 aromatic heterocycles. The molecule has 0 radical (unpaired) electrons. The lowest BCUT2D eigenvalue weighted by molar-refractivity contribution is -0.144. The molecule has 0 aromatic carbocycles. The summed E-state index contributed by atoms with van der Waals surface area (Å²) in [5.41, 5.74) is -0.349. The molecule has 2 aliphatic heterocycles. The minimum atomic E-state index is -0.626. The highest BCUT2D eigenvalue weighted by Gasteiger charge is 2.46. The Labute approximate surface area is 110 Å². The largest absolute Gasteiger partial charge is 0.367 e. The van der Waals surface area contributed by atoms with Crippen molar-refractivity contribution in [2.45, 2.75) is 24.9 Å². The molecule has 6 heteroatoms. The Morgan fingerprint density at radius 3 is 2.95 bits per heavy atom. The van der Waals surface area contributed by atoms with Gasteiger partial charge in [-0.05, 0) is 25.0 Å². The average Bonchev–Trinajstić information content (AvgIpc) is 2.92. The summed E-state index contributed by atoms with van der Waals surface area (Å²) in [6, 6.07) is 3.27. The van der Waals surface area contributed by atoms with Gasteiger partial charge in [0, 0.05) is 25.8 Å². The fraction of sp³-hybridized carbons (Fsp3) is 0.538. The predicted molar refractivity (Wildman–Crippen MR) is 65.5 cm³/mol. The molecular formula is C13H15N3O3. The highest BCUT2D eigenvalue weighted by Crippen LogP contribution is 2.33. The number of Topliss-reactive ketones (excluding diaryl/α,β-unsaturated/α-hetero) is 1. The molecule has 0 saturated carbocycles. The summed E-state index contributed by atoms with van der Waals surface area (Å²) in [7, 11) is 0. The van der Waals surface area contributed by atoms with Crippen molar-refractivity contribution in [1.29, 1.82) is 0 Å². The second-order valence-corrected chi connectivity index (χ2v) is 4.96. The van der Waals surface area contributed by atoms with Crippen LogP contribution in [0.4, 0.5) is 0 Å². The summed E-state index contributed by atoms with van der Waals surface area (Å²) in [4.78, 5) is 25.9. The Hall–Kier alpha value is -1.82. The van der Waals surface area contributed by atoms with Crippen LogP contribution in [-0.4, -0.2) is 52.1 Å². The van der Waals surface area contributed by atoms with Crippen LogP contribution in [0.5, 0.6) is 0 Å². The van der Waals surface area contributed by atoms with Gasteiger partial charge in [0.1, 0.15) is 5.60 Å². The fourth-order valence-corrected chi connectivity index (χ4v) is 2.72. The summed E-state index contributed by atoms with van der Waals surface area (Å²) >= 11 is 0. The first-order valence-corrected chi connectivity index (χ1v) is 6.45. The van der Waals surface area contributed by atoms with Gasteiger partial charge >= 0.3 is 0 Å². The maximum absolute atomic E-state index is 12.2. The number of nitrogens with zero attached hydrogens (tertiary/aromatic N) is 3. The van der Waals surface area contributed by atoms with Gasteiger partial charge in [0.2, 0.25) is 0 Å². The van der Waals surface area contributed by atoms with Crippen LogP contribution in [0, 0.1) is 0 Å². The normalized spacial score (nSPS) is 26.9. The SMILES string of the molecule is O=C(c1cccnn1)N1CCC2(CCCO2)C(=O)C1. The zero-order valence-electron chi connectivity index (χ0n) is 10.5. The number of carbonyl (C=O) groups is 2. The molecule has 3 heterocycles. The summed E-state index contributed by atoms with van der Waals surface area (Å²) in [5, 5.41) is 7.47. The van der Waals surface area contributed by atoms with Crippen molar-refractivity contribution in [3.63, 3.8) is 0 Å². The van der Waals surface area contributed by atoms with Gasteiger partial charge in [-0.3, -0.25) is 9.59 Å². The lowest BCUT2D eigenvalue weighted by Crippen LogP contribution is -2.53. The number of hydrogen-bond acceptors (Lipinski definition) is 5. The van der Waals surface area contributed by atoms with Crippen molar-refractivity contribution in [2.24, 2.45) is 0 Å². The second-order valence-electron chi connectivity index (χ2n) is 4.96. The molecular weight excluding hydrogens is 246 g/mol. The molecule has 3 rings (SSSR count). The van der Waals surface area contributed by atoms with Gasteiger partial charge in [0.15, 0.2) is 11.5 Å². The molecule has 1 spiro atoms. The van der Waals surface area contributed by atoms with E-state index in [0.29, 0.717) is 19.6 Å². The van der Waals surface area contributed by atoms with Crippen LogP contribution in [0.25, 0.3) is 0 Å². The Balaban J connectivity index is 1.72. The third-order valence-electron chi connectivity index (χ3n) is 3.81. The highest BCUT2D eigenvalue weighted by molar-refractivity contribution is 5.98. The molecule has 1 atom stereocenters. The van der Waals surface area contributed by atoms with Gasteiger partial charge in [-0.1, -0.05) is 0 Å². The van der Waals surface area contributed by atoms with Gasteiger partial charge in [0.25, 0.3) is 5.91 Å². The van der Waals surface area contributed by atoms with Gasteiger partial charge in [-0.25, -0.2) is 0 Å². The number of ketones is 1. The van der Waals surface area contributed by atoms with E-state index < -0.39 is 5.60 Å². The lowest BCUT2D eigenvalue weighted by Gasteiger charge is -2.36. The van der Waals surface area contributed by atoms with Crippen LogP contribution in [-0.2, 0) is 9.53 Å². The van der Waals surface area contributed by atoms with Crippen LogP contribution >= 0.6 is 0 Å². The number of rotatable bonds is 1. The van der Waals surface area contributed by atoms with Gasteiger partial charge in [0.05, 0.1) is 6.54 Å². The minimum absolute atomic E-state index is 0.00786. The van der Waals surface area contributed by atoms with Crippen LogP contribution < -0.4 is 0 Å². The minimum Gasteiger partial charge on any atom is -0.367 e. The van der Waals surface area contributed by atoms with E-state index in [1.165, 1.54) is 11.1 Å². The fourth-order valence-electron chi connectivity index (χ4n) is 2.72. The van der Waals surface area contributed by atoms with E-state index in [1.807, 2.05) is 0 Å². The van der Waals surface area contributed by atoms with E-state index in [4.69, 9.17) is 4.74 Å². The Kier molecular flexibility index (Phi) is 3.02. The highest BCUT2D eigenvalue weighted by atomic mass is 16.5. The molecule has 0 aliphatic carbocycles. The van der Waals surface area contributed by atoms with E-state index >= 15 is 0 Å². The van der Waals surface area contributed by atoms with Crippen molar-refractivity contribution in [3.8, 4) is 0 Å². The smallest absolute Gasteiger partial charge is 0.274 e. The van der Waals surface area contributed by atoms with Crippen LogP contribution in [0.1, 0.15) is 29.8 Å². The molecule has 2 fully saturated rings. The molecule has 1 unspecified atom stereocenters. The predicted octanol–water partition coefficient (Wildman–Crippen LogP) is 0.441. The molecule has 1 amide bonds. The quantitative estimate of drug-likeness (QED) is 0.733. The second kappa shape index (κ2) is 4.70. The van der Waals surface area contributed by atoms with Crippen LogP contribution in [0.2, 0.25) is 0 Å². The van der Waals surface area contributed by atoms with Crippen molar-refractivity contribution in [3.05, 3.63) is 24.0 Å². The number of aromatic nitrogens is 2. The van der Waals surface area contributed by atoms with Crippen LogP contribution in [0.15, 0.2) is 18.3 Å². The first kappa shape index (κ1) is 12.2. The molecule has 100 valence electrons. The monoisotopic (exact) mass is 261 g/mol. The Morgan fingerprint density at radius 2 is 2.32 bits per heavy atom. The zero-order chi connectivity index (χ0) is 13.3. The van der Waals surface area contributed by atoms with Crippen LogP contribution in [0.3, 0.4) is 0 Å². The van der Waals surface area contributed by atoms with Gasteiger partial charge in [-0.15, -0.1) is 5.10 Å². The van der Waals surface area contributed by atoms with Gasteiger partial charge in [-0.2, -0.15) is 5.10 Å². The van der Waals surface area contributed by atoms with E-state index in [-0.39, 0.29) is 23.9 Å². The average molecular weight is 261 g/mol. The number of carbonyl (C=O) groups excluding carboxylic acids is 2. The zero-order valence-corrected chi connectivity index (χ0v) is 10.5. The summed E-state index contributed by atoms with van der Waals surface area (Å²) in [6.07, 6.45) is 3.79. The third kappa shape index (κ3) is 2.12. The summed E-state index contributed by atoms with van der Waals surface area (Å²) < 4.78 is 5.61. The lowest BCUT2D eigenvalue weighted by atomic mass is 9.87. The number of ether oxygens (including phenoxy) is 1.